The van der Waals surface area contributed by atoms with Gasteiger partial charge in [0.25, 0.3) is 0 Å². The molecular formula is C17H23F17O2. The van der Waals surface area contributed by atoms with Crippen LogP contribution in [0.15, 0.2) is 0 Å². The van der Waals surface area contributed by atoms with Crippen molar-refractivity contribution in [1.82, 2.24) is 0 Å². The fourth-order valence-corrected chi connectivity index (χ4v) is 1.50. The van der Waals surface area contributed by atoms with E-state index in [0.29, 0.717) is 13.8 Å². The first-order valence-electron chi connectivity index (χ1n) is 9.24. The molecule has 0 aromatic rings. The van der Waals surface area contributed by atoms with Crippen LogP contribution in [0.3, 0.4) is 0 Å². The van der Waals surface area contributed by atoms with Crippen LogP contribution in [0.2, 0.25) is 0 Å². The molecule has 0 aliphatic rings. The summed E-state index contributed by atoms with van der Waals surface area (Å²) < 4.78 is 202. The van der Waals surface area contributed by atoms with Crippen LogP contribution in [0.1, 0.15) is 41.5 Å². The van der Waals surface area contributed by atoms with Gasteiger partial charge in [0.2, 0.25) is 0 Å². The summed E-state index contributed by atoms with van der Waals surface area (Å²) in [6.45, 7) is 5.68. The lowest BCUT2D eigenvalue weighted by molar-refractivity contribution is -0.412. The molecule has 2 N–H and O–H groups in total. The van der Waals surface area contributed by atoms with Crippen LogP contribution in [0.25, 0.3) is 0 Å². The lowest BCUT2D eigenvalue weighted by Gasteiger charge is -2.32. The van der Waals surface area contributed by atoms with Crippen molar-refractivity contribution in [1.29, 1.82) is 0 Å². The van der Waals surface area contributed by atoms with Gasteiger partial charge in [0, 0.05) is 17.8 Å². The third-order valence-electron chi connectivity index (χ3n) is 4.15. The van der Waals surface area contributed by atoms with Gasteiger partial charge in [0.1, 0.15) is 0 Å². The zero-order valence-corrected chi connectivity index (χ0v) is 19.1. The van der Waals surface area contributed by atoms with Crippen molar-refractivity contribution in [3.63, 3.8) is 0 Å². The Morgan fingerprint density at radius 1 is 0.361 bits per heavy atom. The molecule has 0 atom stereocenters. The highest BCUT2D eigenvalue weighted by Crippen LogP contribution is 2.48. The summed E-state index contributed by atoms with van der Waals surface area (Å²) in [6.07, 6.45) is -18.3. The van der Waals surface area contributed by atoms with E-state index in [1.54, 1.807) is 0 Å². The average Bonchev–Trinajstić information content (AvgIpc) is 2.59. The molecule has 36 heavy (non-hydrogen) atoms. The normalized spacial score (nSPS) is 15.0. The Hall–Kier alpha value is -1.27. The first-order valence-corrected chi connectivity index (χ1v) is 9.24. The number of rotatable bonds is 7. The summed E-state index contributed by atoms with van der Waals surface area (Å²) in [5.74, 6) is -29.6. The summed E-state index contributed by atoms with van der Waals surface area (Å²) in [5.41, 5.74) is 0. The number of hydrogen-bond acceptors (Lipinski definition) is 2. The zero-order valence-electron chi connectivity index (χ0n) is 19.1. The first-order chi connectivity index (χ1) is 15.1. The van der Waals surface area contributed by atoms with Crippen LogP contribution < -0.4 is 0 Å². The molecule has 0 unspecified atom stereocenters. The van der Waals surface area contributed by atoms with Crippen molar-refractivity contribution in [2.24, 2.45) is 17.8 Å². The van der Waals surface area contributed by atoms with Gasteiger partial charge < -0.3 is 10.2 Å². The third-order valence-corrected chi connectivity index (χ3v) is 4.15. The maximum absolute atomic E-state index is 12.8. The molecule has 222 valence electrons. The van der Waals surface area contributed by atoms with E-state index < -0.39 is 65.8 Å². The number of alkyl halides is 17. The molecule has 0 aliphatic heterocycles. The third kappa shape index (κ3) is 8.65. The van der Waals surface area contributed by atoms with Crippen molar-refractivity contribution in [2.45, 2.75) is 89.5 Å². The predicted molar refractivity (Wildman–Crippen MR) is 89.6 cm³/mol. The molecule has 0 bridgehead atoms. The van der Waals surface area contributed by atoms with E-state index in [9.17, 15) is 74.6 Å². The van der Waals surface area contributed by atoms with Gasteiger partial charge >= 0.3 is 48.0 Å². The van der Waals surface area contributed by atoms with Gasteiger partial charge in [0.05, 0.1) is 0 Å². The van der Waals surface area contributed by atoms with E-state index in [1.807, 2.05) is 0 Å². The Balaban J connectivity index is -0.000000455. The fourth-order valence-electron chi connectivity index (χ4n) is 1.50. The van der Waals surface area contributed by atoms with Crippen LogP contribution in [-0.4, -0.2) is 58.2 Å². The molecular weight excluding hydrogens is 559 g/mol. The van der Waals surface area contributed by atoms with Crippen LogP contribution >= 0.6 is 0 Å². The van der Waals surface area contributed by atoms with Gasteiger partial charge in [-0.3, -0.25) is 0 Å². The molecule has 0 rings (SSSR count). The topological polar surface area (TPSA) is 40.5 Å². The van der Waals surface area contributed by atoms with Crippen molar-refractivity contribution < 1.29 is 84.9 Å². The van der Waals surface area contributed by atoms with E-state index in [2.05, 4.69) is 0 Å². The minimum atomic E-state index is -6.45. The van der Waals surface area contributed by atoms with Gasteiger partial charge in [-0.25, -0.2) is 0 Å². The summed E-state index contributed by atoms with van der Waals surface area (Å²) >= 11 is 0. The standard InChI is InChI=1S/C8H14F4.C6H8F6O.C3HF7O/c1-5(2)7(9,10)8(11,12)6(3)4;1-3(2)4(7,8)5(9,10)6(11,12)13;4-1(5,2(6,7)8)3(9,10)11/h5-6H,1-4H3;3,13H,1-2H3;11H. The maximum atomic E-state index is 12.8. The van der Waals surface area contributed by atoms with Crippen molar-refractivity contribution in [2.75, 3.05) is 0 Å². The largest absolute Gasteiger partial charge is 0.462 e. The van der Waals surface area contributed by atoms with Crippen LogP contribution in [0.4, 0.5) is 74.6 Å². The van der Waals surface area contributed by atoms with Crippen LogP contribution in [0.5, 0.6) is 0 Å². The second-order valence-corrected chi connectivity index (χ2v) is 8.06. The summed E-state index contributed by atoms with van der Waals surface area (Å²) in [4.78, 5) is 0. The van der Waals surface area contributed by atoms with Crippen molar-refractivity contribution in [3.8, 4) is 0 Å². The highest BCUT2D eigenvalue weighted by molar-refractivity contribution is 4.92. The Kier molecular flexibility index (Phi) is 12.7. The zero-order chi connectivity index (χ0) is 30.7. The van der Waals surface area contributed by atoms with E-state index >= 15 is 0 Å². The second-order valence-electron chi connectivity index (χ2n) is 8.06. The molecule has 0 amide bonds. The minimum absolute atomic E-state index is 0.652. The molecule has 0 saturated heterocycles. The number of aliphatic hydroxyl groups is 2. The van der Waals surface area contributed by atoms with E-state index in [4.69, 9.17) is 10.2 Å². The van der Waals surface area contributed by atoms with E-state index in [-0.39, 0.29) is 0 Å². The average molecular weight is 582 g/mol. The van der Waals surface area contributed by atoms with Crippen molar-refractivity contribution in [3.05, 3.63) is 0 Å². The molecule has 19 heteroatoms. The SMILES string of the molecule is CC(C)C(F)(F)C(F)(F)C(C)C.CC(C)C(F)(F)C(F)(F)C(O)(F)F.OC(F)(F)C(F)(F)C(F)(F)F. The smallest absolute Gasteiger partial charge is 0.331 e. The van der Waals surface area contributed by atoms with E-state index in [0.717, 1.165) is 27.7 Å². The monoisotopic (exact) mass is 582 g/mol. The fraction of sp³-hybridized carbons (Fsp3) is 1.00. The quantitative estimate of drug-likeness (QED) is 0.301. The Labute approximate surface area is 193 Å². The molecule has 0 fully saturated rings. The Morgan fingerprint density at radius 2 is 0.556 bits per heavy atom. The number of halogens is 17. The van der Waals surface area contributed by atoms with Gasteiger partial charge in [-0.1, -0.05) is 41.5 Å². The molecule has 0 heterocycles. The molecule has 0 radical (unpaired) electrons. The lowest BCUT2D eigenvalue weighted by atomic mass is 9.92. The van der Waals surface area contributed by atoms with Crippen molar-refractivity contribution >= 4 is 0 Å². The Morgan fingerprint density at radius 3 is 0.611 bits per heavy atom. The predicted octanol–water partition coefficient (Wildman–Crippen LogP) is 7.84. The summed E-state index contributed by atoms with van der Waals surface area (Å²) in [5, 5.41) is 14.6. The molecule has 0 saturated carbocycles. The van der Waals surface area contributed by atoms with E-state index in [1.165, 1.54) is 0 Å². The molecule has 0 aliphatic carbocycles. The first kappa shape index (κ1) is 39.2. The van der Waals surface area contributed by atoms with Gasteiger partial charge in [0.15, 0.2) is 0 Å². The Bertz CT molecular complexity index is 622. The second kappa shape index (κ2) is 11.6. The number of hydrogen-bond donors (Lipinski definition) is 2. The van der Waals surface area contributed by atoms with Gasteiger partial charge in [-0.2, -0.15) is 74.6 Å². The molecule has 0 spiro atoms. The minimum Gasteiger partial charge on any atom is -0.331 e. The van der Waals surface area contributed by atoms with Crippen LogP contribution in [0, 0.1) is 17.8 Å². The highest BCUT2D eigenvalue weighted by atomic mass is 19.4. The summed E-state index contributed by atoms with van der Waals surface area (Å²) in [6, 6.07) is 0. The van der Waals surface area contributed by atoms with Gasteiger partial charge in [-0.05, 0) is 0 Å². The van der Waals surface area contributed by atoms with Crippen LogP contribution in [-0.2, 0) is 0 Å². The highest BCUT2D eigenvalue weighted by Gasteiger charge is 2.73. The van der Waals surface area contributed by atoms with Gasteiger partial charge in [-0.15, -0.1) is 0 Å². The molecule has 2 nitrogen and oxygen atoms in total. The lowest BCUT2D eigenvalue weighted by Crippen LogP contribution is -2.56. The molecule has 0 aromatic carbocycles. The molecule has 0 aromatic heterocycles. The summed E-state index contributed by atoms with van der Waals surface area (Å²) in [7, 11) is 0. The maximum Gasteiger partial charge on any atom is 0.462 e.